The number of ether oxygens (including phenoxy) is 1. The fourth-order valence-corrected chi connectivity index (χ4v) is 3.23. The van der Waals surface area contributed by atoms with Gasteiger partial charge in [0.25, 0.3) is 0 Å². The van der Waals surface area contributed by atoms with E-state index in [9.17, 15) is 5.26 Å². The molecule has 0 bridgehead atoms. The summed E-state index contributed by atoms with van der Waals surface area (Å²) >= 11 is 0. The molecule has 1 aliphatic carbocycles. The lowest BCUT2D eigenvalue weighted by molar-refractivity contribution is 0.234. The number of rotatable bonds is 6. The third-order valence-corrected chi connectivity index (χ3v) is 4.33. The van der Waals surface area contributed by atoms with Gasteiger partial charge in [-0.1, -0.05) is 31.5 Å². The van der Waals surface area contributed by atoms with Crippen molar-refractivity contribution in [2.24, 2.45) is 5.92 Å². The Morgan fingerprint density at radius 1 is 1.45 bits per heavy atom. The van der Waals surface area contributed by atoms with Crippen LogP contribution in [-0.4, -0.2) is 18.7 Å². The van der Waals surface area contributed by atoms with Crippen molar-refractivity contribution >= 4 is 0 Å². The molecule has 0 aromatic heterocycles. The van der Waals surface area contributed by atoms with Crippen molar-refractivity contribution in [3.05, 3.63) is 29.8 Å². The summed E-state index contributed by atoms with van der Waals surface area (Å²) in [6.45, 7) is 5.66. The second-order valence-corrected chi connectivity index (χ2v) is 5.61. The van der Waals surface area contributed by atoms with Crippen molar-refractivity contribution < 1.29 is 4.74 Å². The topological polar surface area (TPSA) is 45.0 Å². The van der Waals surface area contributed by atoms with Crippen LogP contribution in [0.4, 0.5) is 0 Å². The van der Waals surface area contributed by atoms with Crippen LogP contribution in [0.2, 0.25) is 0 Å². The Labute approximate surface area is 121 Å². The summed E-state index contributed by atoms with van der Waals surface area (Å²) in [6.07, 6.45) is 4.16. The first-order chi connectivity index (χ1) is 9.72. The number of hydrogen-bond donors (Lipinski definition) is 1. The number of nitrogens with one attached hydrogen (secondary N) is 1. The average Bonchev–Trinajstić information content (AvgIpc) is 2.85. The number of nitriles is 1. The zero-order chi connectivity index (χ0) is 14.4. The molecule has 3 heteroatoms. The molecule has 2 rings (SSSR count). The highest BCUT2D eigenvalue weighted by molar-refractivity contribution is 5.31. The van der Waals surface area contributed by atoms with Crippen molar-refractivity contribution in [3.8, 4) is 11.8 Å². The highest BCUT2D eigenvalue weighted by atomic mass is 16.5. The van der Waals surface area contributed by atoms with Crippen LogP contribution in [-0.2, 0) is 0 Å². The number of nitrogens with zero attached hydrogens (tertiary/aromatic N) is 1. The lowest BCUT2D eigenvalue weighted by Crippen LogP contribution is -2.47. The molecule has 1 fully saturated rings. The number of aryl methyl sites for hydroxylation is 1. The molecule has 0 spiro atoms. The van der Waals surface area contributed by atoms with Crippen LogP contribution in [0.25, 0.3) is 0 Å². The minimum Gasteiger partial charge on any atom is -0.493 e. The second kappa shape index (κ2) is 6.76. The van der Waals surface area contributed by atoms with Crippen LogP contribution in [0.1, 0.15) is 38.2 Å². The molecule has 1 aliphatic rings. The quantitative estimate of drug-likeness (QED) is 0.863. The first-order valence-electron chi connectivity index (χ1n) is 7.56. The first kappa shape index (κ1) is 14.9. The first-order valence-corrected chi connectivity index (χ1v) is 7.56. The molecular formula is C17H24N2O. The summed E-state index contributed by atoms with van der Waals surface area (Å²) in [6, 6.07) is 10.6. The fourth-order valence-electron chi connectivity index (χ4n) is 3.23. The zero-order valence-corrected chi connectivity index (χ0v) is 12.5. The Morgan fingerprint density at radius 2 is 2.25 bits per heavy atom. The molecule has 0 amide bonds. The van der Waals surface area contributed by atoms with Gasteiger partial charge >= 0.3 is 0 Å². The minimum atomic E-state index is -0.330. The predicted molar refractivity (Wildman–Crippen MR) is 80.7 cm³/mol. The SMILES string of the molecule is CCNC1(C#N)CCCC1CCOc1ccccc1C. The van der Waals surface area contributed by atoms with E-state index < -0.39 is 0 Å². The Balaban J connectivity index is 1.90. The van der Waals surface area contributed by atoms with E-state index in [1.807, 2.05) is 18.2 Å². The largest absolute Gasteiger partial charge is 0.493 e. The highest BCUT2D eigenvalue weighted by Crippen LogP contribution is 2.37. The predicted octanol–water partition coefficient (Wildman–Crippen LogP) is 3.44. The third-order valence-electron chi connectivity index (χ3n) is 4.33. The van der Waals surface area contributed by atoms with Crippen molar-refractivity contribution in [2.75, 3.05) is 13.2 Å². The van der Waals surface area contributed by atoms with Crippen molar-refractivity contribution in [3.63, 3.8) is 0 Å². The molecule has 3 nitrogen and oxygen atoms in total. The van der Waals surface area contributed by atoms with Gasteiger partial charge in [0, 0.05) is 0 Å². The molecular weight excluding hydrogens is 248 g/mol. The Hall–Kier alpha value is -1.53. The van der Waals surface area contributed by atoms with Crippen LogP contribution in [0, 0.1) is 24.2 Å². The molecule has 0 aliphatic heterocycles. The Bertz CT molecular complexity index is 480. The van der Waals surface area contributed by atoms with Gasteiger partial charge in [0.1, 0.15) is 11.3 Å². The van der Waals surface area contributed by atoms with Gasteiger partial charge in [0.05, 0.1) is 12.7 Å². The van der Waals surface area contributed by atoms with E-state index in [1.165, 1.54) is 0 Å². The van der Waals surface area contributed by atoms with E-state index in [2.05, 4.69) is 31.3 Å². The molecule has 1 aromatic rings. The van der Waals surface area contributed by atoms with Crippen LogP contribution < -0.4 is 10.1 Å². The molecule has 2 unspecified atom stereocenters. The molecule has 1 saturated carbocycles. The standard InChI is InChI=1S/C17H24N2O/c1-3-19-17(13-18)11-6-8-15(17)10-12-20-16-9-5-4-7-14(16)2/h4-5,7,9,15,19H,3,6,8,10-12H2,1-2H3. The lowest BCUT2D eigenvalue weighted by atomic mass is 9.86. The third kappa shape index (κ3) is 3.13. The summed E-state index contributed by atoms with van der Waals surface area (Å²) in [5.74, 6) is 1.35. The van der Waals surface area contributed by atoms with Gasteiger partial charge in [0.15, 0.2) is 0 Å². The molecule has 1 aromatic carbocycles. The summed E-state index contributed by atoms with van der Waals surface area (Å²) < 4.78 is 5.88. The van der Waals surface area contributed by atoms with Crippen molar-refractivity contribution in [2.45, 2.75) is 45.1 Å². The Morgan fingerprint density at radius 3 is 2.95 bits per heavy atom. The van der Waals surface area contributed by atoms with E-state index in [1.54, 1.807) is 0 Å². The average molecular weight is 272 g/mol. The van der Waals surface area contributed by atoms with Crippen LogP contribution in [0.3, 0.4) is 0 Å². The maximum Gasteiger partial charge on any atom is 0.122 e. The summed E-state index contributed by atoms with van der Waals surface area (Å²) in [7, 11) is 0. The maximum atomic E-state index is 9.53. The van der Waals surface area contributed by atoms with E-state index in [-0.39, 0.29) is 5.54 Å². The maximum absolute atomic E-state index is 9.53. The van der Waals surface area contributed by atoms with Crippen LogP contribution in [0.5, 0.6) is 5.75 Å². The number of hydrogen-bond acceptors (Lipinski definition) is 3. The van der Waals surface area contributed by atoms with Crippen LogP contribution >= 0.6 is 0 Å². The smallest absolute Gasteiger partial charge is 0.122 e. The highest BCUT2D eigenvalue weighted by Gasteiger charge is 2.42. The molecule has 1 N–H and O–H groups in total. The number of para-hydroxylation sites is 1. The van der Waals surface area contributed by atoms with Gasteiger partial charge in [-0.05, 0) is 50.3 Å². The fraction of sp³-hybridized carbons (Fsp3) is 0.588. The van der Waals surface area contributed by atoms with Crippen LogP contribution in [0.15, 0.2) is 24.3 Å². The van der Waals surface area contributed by atoms with E-state index >= 15 is 0 Å². The summed E-state index contributed by atoms with van der Waals surface area (Å²) in [4.78, 5) is 0. The minimum absolute atomic E-state index is 0.330. The molecule has 0 heterocycles. The molecule has 2 atom stereocenters. The molecule has 0 saturated heterocycles. The monoisotopic (exact) mass is 272 g/mol. The van der Waals surface area contributed by atoms with Gasteiger partial charge in [-0.2, -0.15) is 5.26 Å². The van der Waals surface area contributed by atoms with Gasteiger partial charge < -0.3 is 4.74 Å². The second-order valence-electron chi connectivity index (χ2n) is 5.61. The van der Waals surface area contributed by atoms with Gasteiger partial charge in [-0.15, -0.1) is 0 Å². The lowest BCUT2D eigenvalue weighted by Gasteiger charge is -2.29. The van der Waals surface area contributed by atoms with Crippen molar-refractivity contribution in [1.29, 1.82) is 5.26 Å². The van der Waals surface area contributed by atoms with E-state index in [0.29, 0.717) is 12.5 Å². The molecule has 20 heavy (non-hydrogen) atoms. The van der Waals surface area contributed by atoms with Gasteiger partial charge in [0.2, 0.25) is 0 Å². The van der Waals surface area contributed by atoms with Gasteiger partial charge in [-0.3, -0.25) is 5.32 Å². The van der Waals surface area contributed by atoms with E-state index in [4.69, 9.17) is 4.74 Å². The van der Waals surface area contributed by atoms with Gasteiger partial charge in [-0.25, -0.2) is 0 Å². The van der Waals surface area contributed by atoms with Crippen molar-refractivity contribution in [1.82, 2.24) is 5.32 Å². The molecule has 108 valence electrons. The molecule has 0 radical (unpaired) electrons. The normalized spacial score (nSPS) is 25.4. The number of benzene rings is 1. The summed E-state index contributed by atoms with van der Waals surface area (Å²) in [5, 5.41) is 12.9. The van der Waals surface area contributed by atoms with E-state index in [0.717, 1.165) is 43.5 Å². The Kier molecular flexibility index (Phi) is 5.03. The zero-order valence-electron chi connectivity index (χ0n) is 12.5. The summed E-state index contributed by atoms with van der Waals surface area (Å²) in [5.41, 5.74) is 0.835.